The minimum absolute atomic E-state index is 0.373. The van der Waals surface area contributed by atoms with Gasteiger partial charge in [0.25, 0.3) is 0 Å². The van der Waals surface area contributed by atoms with Gasteiger partial charge in [-0.1, -0.05) is 6.07 Å². The van der Waals surface area contributed by atoms with Crippen LogP contribution in [0.5, 0.6) is 11.5 Å². The number of hydrogen-bond donors (Lipinski definition) is 0. The van der Waals surface area contributed by atoms with Crippen molar-refractivity contribution in [3.05, 3.63) is 59.7 Å². The van der Waals surface area contributed by atoms with Crippen LogP contribution in [0.4, 0.5) is 13.2 Å². The molecule has 0 atom stereocenters. The van der Waals surface area contributed by atoms with E-state index in [9.17, 15) is 13.2 Å². The molecule has 0 aliphatic carbocycles. The smallest absolute Gasteiger partial charge is 0.416 e. The van der Waals surface area contributed by atoms with Crippen molar-refractivity contribution in [3.8, 4) is 11.5 Å². The van der Waals surface area contributed by atoms with Crippen LogP contribution in [0.1, 0.15) is 11.1 Å². The van der Waals surface area contributed by atoms with E-state index in [2.05, 4.69) is 6.07 Å². The van der Waals surface area contributed by atoms with Crippen molar-refractivity contribution in [3.63, 3.8) is 0 Å². The van der Waals surface area contributed by atoms with Gasteiger partial charge in [-0.2, -0.15) is 13.2 Å². The molecule has 0 aromatic heterocycles. The molecule has 0 saturated carbocycles. The molecule has 0 aliphatic heterocycles. The molecule has 0 spiro atoms. The molecule has 0 amide bonds. The third kappa shape index (κ3) is 2.83. The van der Waals surface area contributed by atoms with Gasteiger partial charge in [-0.05, 0) is 55.0 Å². The molecule has 0 unspecified atom stereocenters. The monoisotopic (exact) mass is 251 g/mol. The summed E-state index contributed by atoms with van der Waals surface area (Å²) in [4.78, 5) is 0. The standard InChI is InChI=1S/C14H10F3O/c1-10-4-2-3-5-13(10)18-12-8-6-11(7-9-12)14(15,16)17/h3-9H,1H3. The lowest BCUT2D eigenvalue weighted by Gasteiger charge is -2.10. The SMILES string of the molecule is Cc1c[c]ccc1Oc1ccc(C(F)(F)F)cc1. The summed E-state index contributed by atoms with van der Waals surface area (Å²) >= 11 is 0. The predicted octanol–water partition coefficient (Wildman–Crippen LogP) is 4.61. The molecule has 1 radical (unpaired) electrons. The molecule has 0 fully saturated rings. The third-order valence-corrected chi connectivity index (χ3v) is 2.43. The van der Waals surface area contributed by atoms with E-state index >= 15 is 0 Å². The Morgan fingerprint density at radius 3 is 2.28 bits per heavy atom. The van der Waals surface area contributed by atoms with Gasteiger partial charge >= 0.3 is 6.18 Å². The normalized spacial score (nSPS) is 11.3. The lowest BCUT2D eigenvalue weighted by atomic mass is 10.2. The fraction of sp³-hybridized carbons (Fsp3) is 0.143. The zero-order chi connectivity index (χ0) is 13.2. The highest BCUT2D eigenvalue weighted by atomic mass is 19.4. The van der Waals surface area contributed by atoms with Crippen LogP contribution in [-0.4, -0.2) is 0 Å². The molecule has 4 heteroatoms. The van der Waals surface area contributed by atoms with Crippen molar-refractivity contribution in [2.75, 3.05) is 0 Å². The Kier molecular flexibility index (Phi) is 3.28. The first-order valence-corrected chi connectivity index (χ1v) is 5.28. The molecule has 1 nitrogen and oxygen atoms in total. The van der Waals surface area contributed by atoms with Crippen LogP contribution in [0, 0.1) is 13.0 Å². The summed E-state index contributed by atoms with van der Waals surface area (Å²) in [7, 11) is 0. The summed E-state index contributed by atoms with van der Waals surface area (Å²) in [5.41, 5.74) is 0.186. The average Bonchev–Trinajstić information content (AvgIpc) is 2.32. The van der Waals surface area contributed by atoms with E-state index < -0.39 is 11.7 Å². The Morgan fingerprint density at radius 1 is 1.06 bits per heavy atom. The second kappa shape index (κ2) is 4.72. The Balaban J connectivity index is 2.19. The number of alkyl halides is 3. The summed E-state index contributed by atoms with van der Waals surface area (Å²) in [5, 5.41) is 0. The van der Waals surface area contributed by atoms with Gasteiger partial charge in [0, 0.05) is 0 Å². The van der Waals surface area contributed by atoms with E-state index in [1.54, 1.807) is 18.2 Å². The minimum atomic E-state index is -4.32. The molecule has 0 heterocycles. The fourth-order valence-electron chi connectivity index (χ4n) is 1.45. The second-order valence-corrected chi connectivity index (χ2v) is 3.82. The topological polar surface area (TPSA) is 9.23 Å². The van der Waals surface area contributed by atoms with Crippen LogP contribution < -0.4 is 4.74 Å². The van der Waals surface area contributed by atoms with Crippen LogP contribution in [0.2, 0.25) is 0 Å². The molecule has 0 bridgehead atoms. The highest BCUT2D eigenvalue weighted by Crippen LogP contribution is 2.31. The maximum atomic E-state index is 12.4. The lowest BCUT2D eigenvalue weighted by Crippen LogP contribution is -2.04. The molecule has 93 valence electrons. The summed E-state index contributed by atoms with van der Waals surface area (Å²) < 4.78 is 42.6. The zero-order valence-electron chi connectivity index (χ0n) is 9.58. The van der Waals surface area contributed by atoms with Crippen molar-refractivity contribution in [1.82, 2.24) is 0 Å². The number of halogens is 3. The maximum Gasteiger partial charge on any atom is 0.416 e. The van der Waals surface area contributed by atoms with Gasteiger partial charge in [0.15, 0.2) is 0 Å². The Bertz CT molecular complexity index is 529. The van der Waals surface area contributed by atoms with Gasteiger partial charge in [-0.15, -0.1) is 0 Å². The van der Waals surface area contributed by atoms with Gasteiger partial charge in [-0.3, -0.25) is 0 Å². The largest absolute Gasteiger partial charge is 0.457 e. The van der Waals surface area contributed by atoms with Crippen LogP contribution >= 0.6 is 0 Å². The molecule has 18 heavy (non-hydrogen) atoms. The zero-order valence-corrected chi connectivity index (χ0v) is 9.58. The van der Waals surface area contributed by atoms with Crippen molar-refractivity contribution in [2.24, 2.45) is 0 Å². The van der Waals surface area contributed by atoms with E-state index in [1.807, 2.05) is 6.92 Å². The van der Waals surface area contributed by atoms with Gasteiger partial charge in [0.2, 0.25) is 0 Å². The Hall–Kier alpha value is -1.97. The van der Waals surface area contributed by atoms with Crippen molar-refractivity contribution in [1.29, 1.82) is 0 Å². The molecular weight excluding hydrogens is 241 g/mol. The molecule has 2 rings (SSSR count). The molecule has 0 N–H and O–H groups in total. The first-order chi connectivity index (χ1) is 8.47. The van der Waals surface area contributed by atoms with Crippen LogP contribution in [0.25, 0.3) is 0 Å². The first-order valence-electron chi connectivity index (χ1n) is 5.28. The van der Waals surface area contributed by atoms with Gasteiger partial charge in [0.1, 0.15) is 11.5 Å². The van der Waals surface area contributed by atoms with Crippen molar-refractivity contribution < 1.29 is 17.9 Å². The number of hydrogen-bond acceptors (Lipinski definition) is 1. The lowest BCUT2D eigenvalue weighted by molar-refractivity contribution is -0.137. The number of aryl methyl sites for hydroxylation is 1. The minimum Gasteiger partial charge on any atom is -0.457 e. The number of ether oxygens (including phenoxy) is 1. The number of rotatable bonds is 2. The highest BCUT2D eigenvalue weighted by Gasteiger charge is 2.30. The van der Waals surface area contributed by atoms with E-state index in [1.165, 1.54) is 12.1 Å². The van der Waals surface area contributed by atoms with E-state index in [4.69, 9.17) is 4.74 Å². The van der Waals surface area contributed by atoms with Crippen LogP contribution in [0.15, 0.2) is 42.5 Å². The van der Waals surface area contributed by atoms with Crippen molar-refractivity contribution >= 4 is 0 Å². The fourth-order valence-corrected chi connectivity index (χ4v) is 1.45. The van der Waals surface area contributed by atoms with Crippen molar-refractivity contribution in [2.45, 2.75) is 13.1 Å². The summed E-state index contributed by atoms with van der Waals surface area (Å²) in [6.07, 6.45) is -4.32. The van der Waals surface area contributed by atoms with Crippen LogP contribution in [0.3, 0.4) is 0 Å². The maximum absolute atomic E-state index is 12.4. The third-order valence-electron chi connectivity index (χ3n) is 2.43. The molecule has 0 aliphatic rings. The second-order valence-electron chi connectivity index (χ2n) is 3.82. The van der Waals surface area contributed by atoms with Gasteiger partial charge in [-0.25, -0.2) is 0 Å². The van der Waals surface area contributed by atoms with Crippen LogP contribution in [-0.2, 0) is 6.18 Å². The molecule has 2 aromatic rings. The highest BCUT2D eigenvalue weighted by molar-refractivity contribution is 5.37. The summed E-state index contributed by atoms with van der Waals surface area (Å²) in [6.45, 7) is 1.84. The average molecular weight is 251 g/mol. The van der Waals surface area contributed by atoms with E-state index in [0.29, 0.717) is 11.5 Å². The summed E-state index contributed by atoms with van der Waals surface area (Å²) in [6, 6.07) is 12.6. The predicted molar refractivity (Wildman–Crippen MR) is 61.5 cm³/mol. The van der Waals surface area contributed by atoms with E-state index in [0.717, 1.165) is 17.7 Å². The molecule has 2 aromatic carbocycles. The Labute approximate surface area is 103 Å². The number of benzene rings is 2. The first kappa shape index (κ1) is 12.5. The molecule has 0 saturated heterocycles. The van der Waals surface area contributed by atoms with E-state index in [-0.39, 0.29) is 0 Å². The van der Waals surface area contributed by atoms with Gasteiger partial charge < -0.3 is 4.74 Å². The van der Waals surface area contributed by atoms with Gasteiger partial charge in [0.05, 0.1) is 5.56 Å². The molecular formula is C14H10F3O. The Morgan fingerprint density at radius 2 is 1.72 bits per heavy atom. The summed E-state index contributed by atoms with van der Waals surface area (Å²) in [5.74, 6) is 0.978. The quantitative estimate of drug-likeness (QED) is 0.757.